The number of nitrogens with zero attached hydrogens (tertiary/aromatic N) is 3. The zero-order valence-electron chi connectivity index (χ0n) is 16.0. The first-order valence-electron chi connectivity index (χ1n) is 9.33. The van der Waals surface area contributed by atoms with Gasteiger partial charge in [0.25, 0.3) is 0 Å². The van der Waals surface area contributed by atoms with E-state index in [2.05, 4.69) is 45.8 Å². The molecule has 1 aliphatic rings. The molecule has 0 bridgehead atoms. The maximum Gasteiger partial charge on any atom is 0.191 e. The number of benzene rings is 1. The van der Waals surface area contributed by atoms with Gasteiger partial charge in [0.15, 0.2) is 5.96 Å². The van der Waals surface area contributed by atoms with Gasteiger partial charge >= 0.3 is 0 Å². The summed E-state index contributed by atoms with van der Waals surface area (Å²) in [4.78, 5) is 4.31. The highest BCUT2D eigenvalue weighted by molar-refractivity contribution is 5.79. The molecule has 6 nitrogen and oxygen atoms in total. The molecule has 0 amide bonds. The van der Waals surface area contributed by atoms with Gasteiger partial charge in [-0.25, -0.2) is 0 Å². The van der Waals surface area contributed by atoms with E-state index < -0.39 is 0 Å². The Balaban J connectivity index is 1.59. The molecule has 1 fully saturated rings. The van der Waals surface area contributed by atoms with Crippen molar-refractivity contribution in [1.82, 2.24) is 20.4 Å². The van der Waals surface area contributed by atoms with Crippen LogP contribution in [-0.2, 0) is 20.1 Å². The molecular weight excluding hydrogens is 326 g/mol. The molecule has 6 heteroatoms. The third kappa shape index (κ3) is 4.77. The maximum atomic E-state index is 6.28. The second-order valence-electron chi connectivity index (χ2n) is 6.86. The van der Waals surface area contributed by atoms with Crippen molar-refractivity contribution in [2.75, 3.05) is 7.05 Å². The van der Waals surface area contributed by atoms with Crippen molar-refractivity contribution in [3.8, 4) is 5.75 Å². The molecule has 1 aromatic heterocycles. The Morgan fingerprint density at radius 3 is 2.69 bits per heavy atom. The zero-order valence-corrected chi connectivity index (χ0v) is 16.0. The fourth-order valence-corrected chi connectivity index (χ4v) is 3.25. The molecule has 2 N–H and O–H groups in total. The zero-order chi connectivity index (χ0) is 18.4. The van der Waals surface area contributed by atoms with Gasteiger partial charge in [0, 0.05) is 32.4 Å². The van der Waals surface area contributed by atoms with E-state index in [1.54, 1.807) is 13.2 Å². The lowest BCUT2D eigenvalue weighted by atomic mass is 10.1. The van der Waals surface area contributed by atoms with Crippen LogP contribution in [0.15, 0.2) is 35.5 Å². The summed E-state index contributed by atoms with van der Waals surface area (Å²) in [5.74, 6) is 1.75. The predicted octanol–water partition coefficient (Wildman–Crippen LogP) is 2.92. The summed E-state index contributed by atoms with van der Waals surface area (Å²) in [6.45, 7) is 3.45. The highest BCUT2D eigenvalue weighted by atomic mass is 16.5. The Kier molecular flexibility index (Phi) is 6.15. The summed E-state index contributed by atoms with van der Waals surface area (Å²) in [7, 11) is 3.72. The summed E-state index contributed by atoms with van der Waals surface area (Å²) < 4.78 is 8.13. The second kappa shape index (κ2) is 8.74. The minimum Gasteiger partial charge on any atom is -0.490 e. The number of hydrogen-bond donors (Lipinski definition) is 2. The highest BCUT2D eigenvalue weighted by Crippen LogP contribution is 2.27. The van der Waals surface area contributed by atoms with E-state index in [-0.39, 0.29) is 0 Å². The minimum absolute atomic E-state index is 0.359. The van der Waals surface area contributed by atoms with Crippen LogP contribution in [0.2, 0.25) is 0 Å². The number of aromatic nitrogens is 2. The van der Waals surface area contributed by atoms with Gasteiger partial charge in [0.05, 0.1) is 18.3 Å². The lowest BCUT2D eigenvalue weighted by Crippen LogP contribution is -2.36. The van der Waals surface area contributed by atoms with Crippen LogP contribution in [0, 0.1) is 6.92 Å². The molecule has 1 saturated carbocycles. The molecule has 0 aliphatic heterocycles. The van der Waals surface area contributed by atoms with Crippen molar-refractivity contribution in [3.63, 3.8) is 0 Å². The van der Waals surface area contributed by atoms with Crippen LogP contribution in [0.1, 0.15) is 42.5 Å². The van der Waals surface area contributed by atoms with Gasteiger partial charge in [-0.3, -0.25) is 9.67 Å². The second-order valence-corrected chi connectivity index (χ2v) is 6.86. The number of nitrogens with one attached hydrogen (secondary N) is 2. The monoisotopic (exact) mass is 355 g/mol. The topological polar surface area (TPSA) is 63.5 Å². The molecule has 0 saturated heterocycles. The van der Waals surface area contributed by atoms with E-state index in [4.69, 9.17) is 4.74 Å². The van der Waals surface area contributed by atoms with Crippen LogP contribution in [-0.4, -0.2) is 28.9 Å². The maximum absolute atomic E-state index is 6.28. The van der Waals surface area contributed by atoms with Crippen LogP contribution < -0.4 is 15.4 Å². The van der Waals surface area contributed by atoms with Crippen LogP contribution in [0.5, 0.6) is 5.75 Å². The summed E-state index contributed by atoms with van der Waals surface area (Å²) in [5.41, 5.74) is 3.49. The standard InChI is InChI=1S/C20H29N5O/c1-15-8-9-16(19(12-15)26-18-6-4-5-7-18)13-22-20(21-2)23-14-17-10-11-24-25(17)3/h8-12,18H,4-7,13-14H2,1-3H3,(H2,21,22,23). The van der Waals surface area contributed by atoms with Crippen molar-refractivity contribution in [1.29, 1.82) is 0 Å². The van der Waals surface area contributed by atoms with Gasteiger partial charge in [-0.1, -0.05) is 12.1 Å². The molecule has 1 heterocycles. The smallest absolute Gasteiger partial charge is 0.191 e. The normalized spacial score (nSPS) is 15.3. The van der Waals surface area contributed by atoms with Crippen LogP contribution in [0.4, 0.5) is 0 Å². The third-order valence-electron chi connectivity index (χ3n) is 4.85. The van der Waals surface area contributed by atoms with Crippen LogP contribution in [0.3, 0.4) is 0 Å². The van der Waals surface area contributed by atoms with E-state index in [0.29, 0.717) is 19.2 Å². The van der Waals surface area contributed by atoms with Gasteiger partial charge in [0.2, 0.25) is 0 Å². The largest absolute Gasteiger partial charge is 0.490 e. The fraction of sp³-hybridized carbons (Fsp3) is 0.500. The number of aryl methyl sites for hydroxylation is 2. The third-order valence-corrected chi connectivity index (χ3v) is 4.85. The summed E-state index contributed by atoms with van der Waals surface area (Å²) in [6.07, 6.45) is 7.02. The van der Waals surface area contributed by atoms with Gasteiger partial charge in [-0.2, -0.15) is 5.10 Å². The molecule has 3 rings (SSSR count). The van der Waals surface area contributed by atoms with E-state index in [1.807, 2.05) is 17.8 Å². The Morgan fingerprint density at radius 2 is 2.00 bits per heavy atom. The van der Waals surface area contributed by atoms with Gasteiger partial charge < -0.3 is 15.4 Å². The summed E-state index contributed by atoms with van der Waals surface area (Å²) in [5, 5.41) is 10.9. The Morgan fingerprint density at radius 1 is 1.23 bits per heavy atom. The number of aliphatic imine (C=N–C) groups is 1. The summed E-state index contributed by atoms with van der Waals surface area (Å²) >= 11 is 0. The minimum atomic E-state index is 0.359. The van der Waals surface area contributed by atoms with E-state index >= 15 is 0 Å². The number of ether oxygens (including phenoxy) is 1. The van der Waals surface area contributed by atoms with E-state index in [0.717, 1.165) is 35.8 Å². The molecular formula is C20H29N5O. The molecule has 1 aliphatic carbocycles. The molecule has 0 spiro atoms. The molecule has 0 unspecified atom stereocenters. The molecule has 26 heavy (non-hydrogen) atoms. The first kappa shape index (κ1) is 18.3. The quantitative estimate of drug-likeness (QED) is 0.618. The Labute approximate surface area is 155 Å². The molecule has 1 aromatic carbocycles. The van der Waals surface area contributed by atoms with Gasteiger partial charge in [-0.15, -0.1) is 0 Å². The van der Waals surface area contributed by atoms with Crippen molar-refractivity contribution in [2.24, 2.45) is 12.0 Å². The van der Waals surface area contributed by atoms with Gasteiger partial charge in [-0.05, 0) is 50.3 Å². The molecule has 0 radical (unpaired) electrons. The van der Waals surface area contributed by atoms with Crippen molar-refractivity contribution in [2.45, 2.75) is 51.8 Å². The van der Waals surface area contributed by atoms with Crippen molar-refractivity contribution < 1.29 is 4.74 Å². The average molecular weight is 355 g/mol. The average Bonchev–Trinajstić information content (AvgIpc) is 3.28. The lowest BCUT2D eigenvalue weighted by Gasteiger charge is -2.18. The molecule has 0 atom stereocenters. The van der Waals surface area contributed by atoms with Crippen LogP contribution >= 0.6 is 0 Å². The SMILES string of the molecule is CN=C(NCc1ccc(C)cc1OC1CCCC1)NCc1ccnn1C. The van der Waals surface area contributed by atoms with Gasteiger partial charge in [0.1, 0.15) is 5.75 Å². The summed E-state index contributed by atoms with van der Waals surface area (Å²) in [6, 6.07) is 8.40. The first-order valence-corrected chi connectivity index (χ1v) is 9.33. The molecule has 2 aromatic rings. The number of hydrogen-bond acceptors (Lipinski definition) is 3. The van der Waals surface area contributed by atoms with E-state index in [1.165, 1.54) is 18.4 Å². The first-order chi connectivity index (χ1) is 12.7. The predicted molar refractivity (Wildman–Crippen MR) is 104 cm³/mol. The fourth-order valence-electron chi connectivity index (χ4n) is 3.25. The molecule has 140 valence electrons. The lowest BCUT2D eigenvalue weighted by molar-refractivity contribution is 0.207. The number of rotatable bonds is 6. The van der Waals surface area contributed by atoms with Crippen molar-refractivity contribution >= 4 is 5.96 Å². The number of guanidine groups is 1. The Bertz CT molecular complexity index is 746. The van der Waals surface area contributed by atoms with E-state index in [9.17, 15) is 0 Å². The van der Waals surface area contributed by atoms with Crippen molar-refractivity contribution in [3.05, 3.63) is 47.3 Å². The highest BCUT2D eigenvalue weighted by Gasteiger charge is 2.18. The Hall–Kier alpha value is -2.50. The van der Waals surface area contributed by atoms with Crippen LogP contribution in [0.25, 0.3) is 0 Å².